The smallest absolute Gasteiger partial charge is 0.317 e. The summed E-state index contributed by atoms with van der Waals surface area (Å²) in [7, 11) is 1.94. The summed E-state index contributed by atoms with van der Waals surface area (Å²) in [5, 5.41) is 20.4. The molecule has 2 fully saturated rings. The van der Waals surface area contributed by atoms with E-state index in [1.807, 2.05) is 18.7 Å². The van der Waals surface area contributed by atoms with E-state index in [2.05, 4.69) is 21.1 Å². The van der Waals surface area contributed by atoms with E-state index in [4.69, 9.17) is 19.7 Å². The summed E-state index contributed by atoms with van der Waals surface area (Å²) in [6, 6.07) is 0.153. The fourth-order valence-corrected chi connectivity index (χ4v) is 3.57. The zero-order valence-electron chi connectivity index (χ0n) is 14.7. The molecule has 3 rings (SSSR count). The van der Waals surface area contributed by atoms with Gasteiger partial charge in [-0.05, 0) is 6.92 Å². The van der Waals surface area contributed by atoms with Crippen LogP contribution < -0.4 is 0 Å². The van der Waals surface area contributed by atoms with Gasteiger partial charge in [0.05, 0.1) is 25.5 Å². The molecule has 1 aromatic heterocycles. The second kappa shape index (κ2) is 8.93. The van der Waals surface area contributed by atoms with Crippen LogP contribution in [0.3, 0.4) is 0 Å². The zero-order valence-corrected chi connectivity index (χ0v) is 14.7. The molecule has 0 aliphatic carbocycles. The molecular formula is C16H26N4O5. The maximum absolute atomic E-state index is 11.1. The van der Waals surface area contributed by atoms with Crippen molar-refractivity contribution in [3.63, 3.8) is 0 Å². The highest BCUT2D eigenvalue weighted by Crippen LogP contribution is 2.21. The number of carboxylic acid groups (broad SMARTS) is 2. The van der Waals surface area contributed by atoms with E-state index in [9.17, 15) is 4.79 Å². The zero-order chi connectivity index (χ0) is 18.4. The van der Waals surface area contributed by atoms with Crippen LogP contribution in [0.25, 0.3) is 0 Å². The van der Waals surface area contributed by atoms with Gasteiger partial charge in [0.1, 0.15) is 0 Å². The van der Waals surface area contributed by atoms with Crippen LogP contribution in [0.5, 0.6) is 0 Å². The molecular weight excluding hydrogens is 328 g/mol. The van der Waals surface area contributed by atoms with Gasteiger partial charge in [0.2, 0.25) is 0 Å². The highest BCUT2D eigenvalue weighted by molar-refractivity contribution is 5.69. The van der Waals surface area contributed by atoms with Gasteiger partial charge < -0.3 is 14.9 Å². The van der Waals surface area contributed by atoms with Crippen LogP contribution >= 0.6 is 0 Å². The third kappa shape index (κ3) is 5.52. The van der Waals surface area contributed by atoms with E-state index >= 15 is 0 Å². The summed E-state index contributed by atoms with van der Waals surface area (Å²) < 4.78 is 7.57. The number of carbonyl (C=O) groups is 2. The molecule has 2 aliphatic rings. The van der Waals surface area contributed by atoms with Gasteiger partial charge in [-0.25, -0.2) is 0 Å². The molecule has 2 N–H and O–H groups in total. The standard InChI is InChI=1S/C15H24N4O3.CH2O2/c1-11-13(5-17(2)16-11)6-18-3-12-4-19(8-15(20)21)14(7-18)10-22-9-12;2-1-3/h5,12,14H,3-4,6-10H2,1-2H3,(H,20,21);1H,(H,2,3)/t12-,14-;/m0./s1. The number of aryl methyl sites for hydroxylation is 2. The third-order valence-electron chi connectivity index (χ3n) is 4.51. The van der Waals surface area contributed by atoms with Crippen molar-refractivity contribution in [3.05, 3.63) is 17.5 Å². The Hall–Kier alpha value is -1.97. The summed E-state index contributed by atoms with van der Waals surface area (Å²) in [4.78, 5) is 23.9. The summed E-state index contributed by atoms with van der Waals surface area (Å²) in [6.45, 7) is 6.69. The fraction of sp³-hybridized carbons (Fsp3) is 0.688. The second-order valence-corrected chi connectivity index (χ2v) is 6.59. The van der Waals surface area contributed by atoms with Crippen LogP contribution in [0.4, 0.5) is 0 Å². The van der Waals surface area contributed by atoms with Crippen molar-refractivity contribution in [2.24, 2.45) is 13.0 Å². The number of fused-ring (bicyclic) bond motifs is 3. The lowest BCUT2D eigenvalue weighted by atomic mass is 10.1. The number of hydrogen-bond donors (Lipinski definition) is 2. The molecule has 9 heteroatoms. The Morgan fingerprint density at radius 3 is 2.72 bits per heavy atom. The van der Waals surface area contributed by atoms with Gasteiger partial charge in [-0.2, -0.15) is 5.10 Å². The van der Waals surface area contributed by atoms with Gasteiger partial charge in [-0.15, -0.1) is 0 Å². The maximum Gasteiger partial charge on any atom is 0.317 e. The topological polar surface area (TPSA) is 108 Å². The molecule has 0 spiro atoms. The predicted octanol–water partition coefficient (Wildman–Crippen LogP) is -0.353. The number of nitrogens with zero attached hydrogens (tertiary/aromatic N) is 4. The molecule has 140 valence electrons. The summed E-state index contributed by atoms with van der Waals surface area (Å²) in [6.07, 6.45) is 2.07. The monoisotopic (exact) mass is 354 g/mol. The summed E-state index contributed by atoms with van der Waals surface area (Å²) >= 11 is 0. The van der Waals surface area contributed by atoms with Crippen molar-refractivity contribution in [1.82, 2.24) is 19.6 Å². The highest BCUT2D eigenvalue weighted by Gasteiger charge is 2.34. The Kier molecular flexibility index (Phi) is 6.91. The molecule has 0 saturated carbocycles. The van der Waals surface area contributed by atoms with Crippen molar-refractivity contribution in [3.8, 4) is 0 Å². The first-order valence-corrected chi connectivity index (χ1v) is 8.25. The highest BCUT2D eigenvalue weighted by atomic mass is 16.5. The molecule has 25 heavy (non-hydrogen) atoms. The number of aromatic nitrogens is 2. The second-order valence-electron chi connectivity index (χ2n) is 6.59. The van der Waals surface area contributed by atoms with E-state index in [0.717, 1.165) is 38.5 Å². The predicted molar refractivity (Wildman–Crippen MR) is 89.2 cm³/mol. The van der Waals surface area contributed by atoms with E-state index in [-0.39, 0.29) is 19.1 Å². The van der Waals surface area contributed by atoms with Crippen molar-refractivity contribution in [2.75, 3.05) is 39.4 Å². The lowest BCUT2D eigenvalue weighted by Gasteiger charge is -2.30. The SMILES string of the molecule is Cc1nn(C)cc1CN1C[C@@H]2COC[C@H](C1)N(CC(=O)O)C2.O=CO. The Morgan fingerprint density at radius 1 is 1.40 bits per heavy atom. The third-order valence-corrected chi connectivity index (χ3v) is 4.51. The molecule has 0 unspecified atom stereocenters. The number of hydrogen-bond acceptors (Lipinski definition) is 6. The van der Waals surface area contributed by atoms with Gasteiger partial charge in [0.25, 0.3) is 6.47 Å². The molecule has 2 saturated heterocycles. The molecule has 3 heterocycles. The Labute approximate surface area is 146 Å². The van der Waals surface area contributed by atoms with Gasteiger partial charge in [-0.1, -0.05) is 0 Å². The quantitative estimate of drug-likeness (QED) is 0.706. The lowest BCUT2D eigenvalue weighted by Crippen LogP contribution is -2.45. The van der Waals surface area contributed by atoms with Crippen LogP contribution in [-0.2, 0) is 27.9 Å². The largest absolute Gasteiger partial charge is 0.483 e. The van der Waals surface area contributed by atoms with Gasteiger partial charge in [-0.3, -0.25) is 24.1 Å². The Bertz CT molecular complexity index is 591. The first-order valence-electron chi connectivity index (χ1n) is 8.25. The average molecular weight is 354 g/mol. The molecule has 0 aromatic carbocycles. The van der Waals surface area contributed by atoms with Crippen LogP contribution in [0.1, 0.15) is 11.3 Å². The van der Waals surface area contributed by atoms with E-state index in [1.54, 1.807) is 0 Å². The van der Waals surface area contributed by atoms with Gasteiger partial charge in [0.15, 0.2) is 0 Å². The Balaban J connectivity index is 0.000000701. The Morgan fingerprint density at radius 2 is 2.12 bits per heavy atom. The van der Waals surface area contributed by atoms with Crippen LogP contribution in [0.2, 0.25) is 0 Å². The van der Waals surface area contributed by atoms with Crippen molar-refractivity contribution in [2.45, 2.75) is 19.5 Å². The fourth-order valence-electron chi connectivity index (χ4n) is 3.57. The van der Waals surface area contributed by atoms with E-state index in [1.165, 1.54) is 5.56 Å². The lowest BCUT2D eigenvalue weighted by molar-refractivity contribution is -0.139. The maximum atomic E-state index is 11.1. The minimum atomic E-state index is -0.762. The molecule has 2 atom stereocenters. The van der Waals surface area contributed by atoms with Gasteiger partial charge in [0, 0.05) is 56.9 Å². The average Bonchev–Trinajstić information content (AvgIpc) is 2.65. The number of carboxylic acids is 1. The molecule has 2 aliphatic heterocycles. The molecule has 1 aromatic rings. The molecule has 0 radical (unpaired) electrons. The van der Waals surface area contributed by atoms with Crippen molar-refractivity contribution in [1.29, 1.82) is 0 Å². The van der Waals surface area contributed by atoms with E-state index < -0.39 is 5.97 Å². The molecule has 0 amide bonds. The normalized spacial score (nSPS) is 24.1. The number of rotatable bonds is 4. The number of aliphatic carboxylic acids is 1. The van der Waals surface area contributed by atoms with Crippen molar-refractivity contribution < 1.29 is 24.5 Å². The first kappa shape index (κ1) is 19.4. The molecule has 9 nitrogen and oxygen atoms in total. The summed E-state index contributed by atoms with van der Waals surface area (Å²) in [5.41, 5.74) is 2.31. The molecule has 2 bridgehead atoms. The number of ether oxygens (including phenoxy) is 1. The van der Waals surface area contributed by atoms with Gasteiger partial charge >= 0.3 is 5.97 Å². The first-order chi connectivity index (χ1) is 11.9. The van der Waals surface area contributed by atoms with E-state index in [0.29, 0.717) is 12.5 Å². The van der Waals surface area contributed by atoms with Crippen LogP contribution in [0.15, 0.2) is 6.20 Å². The van der Waals surface area contributed by atoms with Crippen molar-refractivity contribution >= 4 is 12.4 Å². The van der Waals surface area contributed by atoms with Crippen LogP contribution in [0, 0.1) is 12.8 Å². The minimum absolute atomic E-state index is 0.101. The van der Waals surface area contributed by atoms with Crippen LogP contribution in [-0.4, -0.2) is 87.7 Å². The summed E-state index contributed by atoms with van der Waals surface area (Å²) in [5.74, 6) is -0.397. The minimum Gasteiger partial charge on any atom is -0.483 e.